The molecule has 28 heavy (non-hydrogen) atoms. The molecule has 0 radical (unpaired) electrons. The van der Waals surface area contributed by atoms with Gasteiger partial charge in [-0.1, -0.05) is 0 Å². The number of anilines is 1. The standard InChI is InChI=1S/C20H24N4O3S/c25-20(23-28(26,27)19-12-21-24-10-2-1-9-18(19)24)22-17-11-13-5-3-6-14(13)15-7-4-8-16(15)17/h11-12H,1-10H2,(H2,22,23,25). The van der Waals surface area contributed by atoms with E-state index in [9.17, 15) is 13.2 Å². The normalized spacial score (nSPS) is 17.7. The Labute approximate surface area is 164 Å². The van der Waals surface area contributed by atoms with Gasteiger partial charge in [-0.2, -0.15) is 5.10 Å². The zero-order chi connectivity index (χ0) is 19.3. The summed E-state index contributed by atoms with van der Waals surface area (Å²) >= 11 is 0. The average Bonchev–Trinajstić information content (AvgIpc) is 3.39. The van der Waals surface area contributed by atoms with Crippen molar-refractivity contribution in [2.75, 3.05) is 5.32 Å². The summed E-state index contributed by atoms with van der Waals surface area (Å²) in [6, 6.07) is 1.34. The Kier molecular flexibility index (Phi) is 4.19. The fourth-order valence-corrected chi connectivity index (χ4v) is 6.07. The van der Waals surface area contributed by atoms with Crippen molar-refractivity contribution in [1.82, 2.24) is 14.5 Å². The van der Waals surface area contributed by atoms with Crippen LogP contribution in [-0.4, -0.2) is 24.2 Å². The topological polar surface area (TPSA) is 93.1 Å². The lowest BCUT2D eigenvalue weighted by atomic mass is 9.98. The van der Waals surface area contributed by atoms with Crippen molar-refractivity contribution in [1.29, 1.82) is 0 Å². The molecule has 1 aromatic heterocycles. The van der Waals surface area contributed by atoms with Crippen LogP contribution in [0, 0.1) is 0 Å². The number of carbonyl (C=O) groups is 1. The maximum Gasteiger partial charge on any atom is 0.333 e. The minimum atomic E-state index is -3.95. The number of hydrogen-bond donors (Lipinski definition) is 2. The Hall–Kier alpha value is -2.35. The number of fused-ring (bicyclic) bond motifs is 4. The van der Waals surface area contributed by atoms with Crippen LogP contribution in [0.25, 0.3) is 0 Å². The summed E-state index contributed by atoms with van der Waals surface area (Å²) in [6.07, 6.45) is 10.3. The minimum absolute atomic E-state index is 0.113. The van der Waals surface area contributed by atoms with Gasteiger partial charge in [0.25, 0.3) is 10.0 Å². The number of benzene rings is 1. The highest BCUT2D eigenvalue weighted by molar-refractivity contribution is 7.90. The van der Waals surface area contributed by atoms with Crippen LogP contribution in [-0.2, 0) is 48.7 Å². The second-order valence-corrected chi connectivity index (χ2v) is 9.57. The molecule has 0 fully saturated rings. The molecular formula is C20H24N4O3S. The Morgan fingerprint density at radius 2 is 1.75 bits per heavy atom. The van der Waals surface area contributed by atoms with Crippen molar-refractivity contribution in [3.8, 4) is 0 Å². The first kappa shape index (κ1) is 17.7. The maximum atomic E-state index is 12.8. The predicted molar refractivity (Wildman–Crippen MR) is 105 cm³/mol. The van der Waals surface area contributed by atoms with E-state index in [2.05, 4.69) is 15.1 Å². The molecule has 0 atom stereocenters. The van der Waals surface area contributed by atoms with Crippen LogP contribution in [0.1, 0.15) is 53.6 Å². The van der Waals surface area contributed by atoms with E-state index in [1.54, 1.807) is 4.68 Å². The van der Waals surface area contributed by atoms with Gasteiger partial charge in [-0.15, -0.1) is 0 Å². The number of aryl methyl sites for hydroxylation is 2. The van der Waals surface area contributed by atoms with Gasteiger partial charge in [0.15, 0.2) is 0 Å². The number of amides is 2. The highest BCUT2D eigenvalue weighted by Crippen LogP contribution is 2.38. The second kappa shape index (κ2) is 6.62. The molecule has 8 heteroatoms. The number of nitrogens with one attached hydrogen (secondary N) is 2. The third kappa shape index (κ3) is 2.90. The lowest BCUT2D eigenvalue weighted by Crippen LogP contribution is -2.35. The first-order valence-electron chi connectivity index (χ1n) is 10.1. The molecule has 148 valence electrons. The molecule has 1 aromatic carbocycles. The third-order valence-corrected chi connectivity index (χ3v) is 7.57. The highest BCUT2D eigenvalue weighted by Gasteiger charge is 2.28. The molecule has 2 aromatic rings. The van der Waals surface area contributed by atoms with Crippen molar-refractivity contribution >= 4 is 21.7 Å². The highest BCUT2D eigenvalue weighted by atomic mass is 32.2. The van der Waals surface area contributed by atoms with Crippen molar-refractivity contribution in [2.45, 2.75) is 69.2 Å². The van der Waals surface area contributed by atoms with Crippen LogP contribution < -0.4 is 10.0 Å². The van der Waals surface area contributed by atoms with Crippen LogP contribution in [0.15, 0.2) is 17.2 Å². The molecule has 0 spiro atoms. The van der Waals surface area contributed by atoms with E-state index in [1.165, 1.54) is 28.5 Å². The summed E-state index contributed by atoms with van der Waals surface area (Å²) < 4.78 is 29.4. The summed E-state index contributed by atoms with van der Waals surface area (Å²) in [5.74, 6) is 0. The molecule has 2 heterocycles. The summed E-state index contributed by atoms with van der Waals surface area (Å²) in [5.41, 5.74) is 6.75. The molecule has 0 saturated carbocycles. The van der Waals surface area contributed by atoms with Crippen LogP contribution in [0.5, 0.6) is 0 Å². The predicted octanol–water partition coefficient (Wildman–Crippen LogP) is 2.71. The Balaban J connectivity index is 1.39. The molecule has 0 bridgehead atoms. The summed E-state index contributed by atoms with van der Waals surface area (Å²) in [7, 11) is -3.95. The molecule has 3 aliphatic rings. The van der Waals surface area contributed by atoms with E-state index in [-0.39, 0.29) is 4.90 Å². The van der Waals surface area contributed by atoms with Crippen LogP contribution in [0.3, 0.4) is 0 Å². The third-order valence-electron chi connectivity index (χ3n) is 6.19. The molecule has 7 nitrogen and oxygen atoms in total. The van der Waals surface area contributed by atoms with Gasteiger partial charge in [0, 0.05) is 12.2 Å². The Morgan fingerprint density at radius 3 is 2.64 bits per heavy atom. The van der Waals surface area contributed by atoms with Gasteiger partial charge in [-0.25, -0.2) is 17.9 Å². The van der Waals surface area contributed by atoms with E-state index >= 15 is 0 Å². The molecule has 1 aliphatic heterocycles. The lowest BCUT2D eigenvalue weighted by molar-refractivity contribution is 0.256. The fraction of sp³-hybridized carbons (Fsp3) is 0.500. The molecule has 0 saturated heterocycles. The molecule has 2 aliphatic carbocycles. The van der Waals surface area contributed by atoms with Crippen LogP contribution in [0.4, 0.5) is 10.5 Å². The van der Waals surface area contributed by atoms with Crippen molar-refractivity contribution in [3.05, 3.63) is 40.2 Å². The second-order valence-electron chi connectivity index (χ2n) is 7.92. The number of urea groups is 1. The molecule has 5 rings (SSSR count). The minimum Gasteiger partial charge on any atom is -0.307 e. The number of carbonyl (C=O) groups excluding carboxylic acids is 1. The monoisotopic (exact) mass is 400 g/mol. The van der Waals surface area contributed by atoms with E-state index in [1.807, 2.05) is 6.07 Å². The van der Waals surface area contributed by atoms with Gasteiger partial charge >= 0.3 is 6.03 Å². The van der Waals surface area contributed by atoms with E-state index in [4.69, 9.17) is 0 Å². The van der Waals surface area contributed by atoms with E-state index < -0.39 is 16.1 Å². The van der Waals surface area contributed by atoms with Crippen molar-refractivity contribution < 1.29 is 13.2 Å². The van der Waals surface area contributed by atoms with Gasteiger partial charge in [0.05, 0.1) is 11.9 Å². The molecular weight excluding hydrogens is 376 g/mol. The van der Waals surface area contributed by atoms with Crippen LogP contribution >= 0.6 is 0 Å². The maximum absolute atomic E-state index is 12.8. The first-order valence-corrected chi connectivity index (χ1v) is 11.6. The zero-order valence-corrected chi connectivity index (χ0v) is 16.6. The van der Waals surface area contributed by atoms with Gasteiger partial charge in [0.2, 0.25) is 0 Å². The van der Waals surface area contributed by atoms with Gasteiger partial charge in [0.1, 0.15) is 4.90 Å². The SMILES string of the molecule is O=C(Nc1cc2c(c3c1CCC3)CCC2)NS(=O)(=O)c1cnn2c1CCCC2. The Bertz CT molecular complexity index is 1070. The van der Waals surface area contributed by atoms with Crippen molar-refractivity contribution in [2.24, 2.45) is 0 Å². The summed E-state index contributed by atoms with van der Waals surface area (Å²) in [5, 5.41) is 6.98. The molecule has 2 N–H and O–H groups in total. The number of nitrogens with zero attached hydrogens (tertiary/aromatic N) is 2. The lowest BCUT2D eigenvalue weighted by Gasteiger charge is -2.16. The number of aromatic nitrogens is 2. The first-order chi connectivity index (χ1) is 13.5. The Morgan fingerprint density at radius 1 is 0.964 bits per heavy atom. The summed E-state index contributed by atoms with van der Waals surface area (Å²) in [6.45, 7) is 0.721. The fourth-order valence-electron chi connectivity index (χ4n) is 4.96. The summed E-state index contributed by atoms with van der Waals surface area (Å²) in [4.78, 5) is 12.7. The van der Waals surface area contributed by atoms with Crippen LogP contribution in [0.2, 0.25) is 0 Å². The van der Waals surface area contributed by atoms with E-state index in [0.29, 0.717) is 12.1 Å². The molecule has 2 amide bonds. The van der Waals surface area contributed by atoms with Crippen molar-refractivity contribution in [3.63, 3.8) is 0 Å². The van der Waals surface area contributed by atoms with E-state index in [0.717, 1.165) is 63.6 Å². The van der Waals surface area contributed by atoms with Gasteiger partial charge in [-0.3, -0.25) is 4.68 Å². The zero-order valence-electron chi connectivity index (χ0n) is 15.8. The van der Waals surface area contributed by atoms with Gasteiger partial charge < -0.3 is 5.32 Å². The average molecular weight is 401 g/mol. The molecule has 0 unspecified atom stereocenters. The quantitative estimate of drug-likeness (QED) is 0.828. The smallest absolute Gasteiger partial charge is 0.307 e. The van der Waals surface area contributed by atoms with Gasteiger partial charge in [-0.05, 0) is 86.1 Å². The number of rotatable bonds is 3. The number of sulfonamides is 1. The largest absolute Gasteiger partial charge is 0.333 e. The number of hydrogen-bond acceptors (Lipinski definition) is 4.